The number of thioether (sulfide) groups is 1. The zero-order valence-corrected chi connectivity index (χ0v) is 15.2. The van der Waals surface area contributed by atoms with Gasteiger partial charge in [0, 0.05) is 4.47 Å². The lowest BCUT2D eigenvalue weighted by Crippen LogP contribution is -2.27. The summed E-state index contributed by atoms with van der Waals surface area (Å²) in [6.45, 7) is 0.179. The van der Waals surface area contributed by atoms with Crippen molar-refractivity contribution in [2.24, 2.45) is 0 Å². The van der Waals surface area contributed by atoms with Crippen LogP contribution in [0.3, 0.4) is 0 Å². The molecule has 1 saturated heterocycles. The third-order valence-electron chi connectivity index (χ3n) is 3.59. The molecule has 0 aromatic heterocycles. The molecule has 3 rings (SSSR count). The summed E-state index contributed by atoms with van der Waals surface area (Å²) >= 11 is 4.26. The van der Waals surface area contributed by atoms with E-state index in [1.807, 2.05) is 24.3 Å². The van der Waals surface area contributed by atoms with Crippen molar-refractivity contribution in [1.29, 1.82) is 0 Å². The van der Waals surface area contributed by atoms with Crippen LogP contribution < -0.4 is 0 Å². The second-order valence-corrected chi connectivity index (χ2v) is 7.14. The Hall–Kier alpha value is -2.38. The quantitative estimate of drug-likeness (QED) is 0.746. The Labute approximate surface area is 156 Å². The lowest BCUT2D eigenvalue weighted by Gasteiger charge is -2.13. The molecule has 126 valence electrons. The monoisotopic (exact) mass is 417 g/mol. The van der Waals surface area contributed by atoms with Crippen LogP contribution in [0.5, 0.6) is 0 Å². The van der Waals surface area contributed by atoms with Gasteiger partial charge in [0.05, 0.1) is 17.0 Å². The fourth-order valence-corrected chi connectivity index (χ4v) is 3.59. The summed E-state index contributed by atoms with van der Waals surface area (Å²) in [5.74, 6) is -1.43. The van der Waals surface area contributed by atoms with E-state index in [0.29, 0.717) is 5.56 Å². The fraction of sp³-hybridized carbons (Fsp3) is 0.0556. The third kappa shape index (κ3) is 3.83. The number of carboxylic acids is 1. The molecule has 0 saturated carbocycles. The number of hydrogen-bond acceptors (Lipinski definition) is 4. The van der Waals surface area contributed by atoms with Crippen LogP contribution in [0, 0.1) is 0 Å². The van der Waals surface area contributed by atoms with Crippen molar-refractivity contribution in [3.8, 4) is 0 Å². The van der Waals surface area contributed by atoms with Crippen molar-refractivity contribution < 1.29 is 19.5 Å². The van der Waals surface area contributed by atoms with E-state index in [0.717, 1.165) is 21.8 Å². The molecular formula is C18H12BrNO4S. The van der Waals surface area contributed by atoms with Gasteiger partial charge in [-0.15, -0.1) is 0 Å². The molecule has 5 nitrogen and oxygen atoms in total. The Morgan fingerprint density at radius 1 is 1.16 bits per heavy atom. The minimum absolute atomic E-state index is 0.126. The van der Waals surface area contributed by atoms with Crippen LogP contribution in [0.1, 0.15) is 21.5 Å². The lowest BCUT2D eigenvalue weighted by molar-refractivity contribution is -0.123. The molecular weight excluding hydrogens is 406 g/mol. The predicted octanol–water partition coefficient (Wildman–Crippen LogP) is 4.38. The maximum absolute atomic E-state index is 12.5. The van der Waals surface area contributed by atoms with E-state index in [2.05, 4.69) is 15.9 Å². The predicted molar refractivity (Wildman–Crippen MR) is 99.1 cm³/mol. The highest BCUT2D eigenvalue weighted by atomic mass is 79.9. The first-order valence-electron chi connectivity index (χ1n) is 7.28. The lowest BCUT2D eigenvalue weighted by atomic mass is 10.1. The zero-order valence-electron chi connectivity index (χ0n) is 12.8. The van der Waals surface area contributed by atoms with Crippen molar-refractivity contribution in [2.75, 3.05) is 0 Å². The van der Waals surface area contributed by atoms with E-state index in [4.69, 9.17) is 5.11 Å². The number of carbonyl (C=O) groups excluding carboxylic acids is 2. The van der Waals surface area contributed by atoms with Gasteiger partial charge in [-0.2, -0.15) is 0 Å². The summed E-state index contributed by atoms with van der Waals surface area (Å²) in [4.78, 5) is 37.2. The number of carbonyl (C=O) groups is 3. The minimum Gasteiger partial charge on any atom is -0.478 e. The number of rotatable bonds is 4. The molecule has 1 N–H and O–H groups in total. The number of amides is 2. The molecule has 25 heavy (non-hydrogen) atoms. The number of aromatic carboxylic acids is 1. The number of imide groups is 1. The van der Waals surface area contributed by atoms with E-state index < -0.39 is 5.97 Å². The van der Waals surface area contributed by atoms with Gasteiger partial charge in [0.1, 0.15) is 0 Å². The van der Waals surface area contributed by atoms with Crippen LogP contribution in [0.25, 0.3) is 6.08 Å². The van der Waals surface area contributed by atoms with Gasteiger partial charge in [0.15, 0.2) is 0 Å². The summed E-state index contributed by atoms with van der Waals surface area (Å²) in [6, 6.07) is 13.6. The van der Waals surface area contributed by atoms with Gasteiger partial charge in [-0.05, 0) is 47.2 Å². The van der Waals surface area contributed by atoms with E-state index in [-0.39, 0.29) is 28.2 Å². The molecule has 0 atom stereocenters. The van der Waals surface area contributed by atoms with Gasteiger partial charge >= 0.3 is 5.97 Å². The smallest absolute Gasteiger partial charge is 0.335 e. The van der Waals surface area contributed by atoms with E-state index in [1.54, 1.807) is 12.1 Å². The second-order valence-electron chi connectivity index (χ2n) is 5.29. The average molecular weight is 418 g/mol. The first-order chi connectivity index (χ1) is 12.0. The Morgan fingerprint density at radius 2 is 1.92 bits per heavy atom. The maximum atomic E-state index is 12.5. The highest BCUT2D eigenvalue weighted by Crippen LogP contribution is 2.34. The molecule has 7 heteroatoms. The average Bonchev–Trinajstić information content (AvgIpc) is 2.84. The normalized spacial score (nSPS) is 15.9. The van der Waals surface area contributed by atoms with Crippen LogP contribution in [0.15, 0.2) is 57.9 Å². The SMILES string of the molecule is O=C(O)c1cccc(/C=C2\SC(=O)N(Cc3ccccc3Br)C2=O)c1. The molecule has 1 aliphatic heterocycles. The molecule has 1 heterocycles. The molecule has 0 aliphatic carbocycles. The van der Waals surface area contributed by atoms with Crippen LogP contribution in [0.4, 0.5) is 4.79 Å². The van der Waals surface area contributed by atoms with Gasteiger partial charge in [-0.25, -0.2) is 4.79 Å². The van der Waals surface area contributed by atoms with Crippen molar-refractivity contribution in [3.63, 3.8) is 0 Å². The fourth-order valence-electron chi connectivity index (χ4n) is 2.35. The summed E-state index contributed by atoms with van der Waals surface area (Å²) in [5, 5.41) is 8.69. The Bertz CT molecular complexity index is 909. The van der Waals surface area contributed by atoms with Gasteiger partial charge < -0.3 is 5.11 Å². The molecule has 2 aromatic carbocycles. The maximum Gasteiger partial charge on any atom is 0.335 e. The zero-order chi connectivity index (χ0) is 18.0. The number of halogens is 1. The Morgan fingerprint density at radius 3 is 2.64 bits per heavy atom. The van der Waals surface area contributed by atoms with Gasteiger partial charge in [0.2, 0.25) is 0 Å². The number of hydrogen-bond donors (Lipinski definition) is 1. The standard InChI is InChI=1S/C18H12BrNO4S/c19-14-7-2-1-5-13(14)10-20-16(21)15(25-18(20)24)9-11-4-3-6-12(8-11)17(22)23/h1-9H,10H2,(H,22,23)/b15-9-. The van der Waals surface area contributed by atoms with Crippen molar-refractivity contribution >= 4 is 50.9 Å². The summed E-state index contributed by atoms with van der Waals surface area (Å²) < 4.78 is 0.826. The molecule has 1 fully saturated rings. The van der Waals surface area contributed by atoms with Gasteiger partial charge in [0.25, 0.3) is 11.1 Å². The van der Waals surface area contributed by atoms with Crippen molar-refractivity contribution in [2.45, 2.75) is 6.54 Å². The highest BCUT2D eigenvalue weighted by Gasteiger charge is 2.35. The highest BCUT2D eigenvalue weighted by molar-refractivity contribution is 9.10. The van der Waals surface area contributed by atoms with E-state index in [1.165, 1.54) is 23.1 Å². The Kier molecular flexibility index (Phi) is 5.06. The van der Waals surface area contributed by atoms with Crippen LogP contribution in [-0.4, -0.2) is 27.1 Å². The van der Waals surface area contributed by atoms with Crippen LogP contribution in [-0.2, 0) is 11.3 Å². The first kappa shape index (κ1) is 17.4. The summed E-state index contributed by atoms with van der Waals surface area (Å²) in [7, 11) is 0. The van der Waals surface area contributed by atoms with Gasteiger partial charge in [-0.1, -0.05) is 46.3 Å². The topological polar surface area (TPSA) is 74.7 Å². The first-order valence-corrected chi connectivity index (χ1v) is 8.89. The van der Waals surface area contributed by atoms with E-state index >= 15 is 0 Å². The molecule has 0 spiro atoms. The third-order valence-corrected chi connectivity index (χ3v) is 5.27. The number of benzene rings is 2. The van der Waals surface area contributed by atoms with Crippen molar-refractivity contribution in [3.05, 3.63) is 74.6 Å². The van der Waals surface area contributed by atoms with Crippen LogP contribution >= 0.6 is 27.7 Å². The molecule has 2 amide bonds. The largest absolute Gasteiger partial charge is 0.478 e. The molecule has 0 bridgehead atoms. The summed E-state index contributed by atoms with van der Waals surface area (Å²) in [6.07, 6.45) is 1.54. The Balaban J connectivity index is 1.85. The molecule has 0 radical (unpaired) electrons. The molecule has 1 aliphatic rings. The molecule has 2 aromatic rings. The number of nitrogens with zero attached hydrogens (tertiary/aromatic N) is 1. The van der Waals surface area contributed by atoms with Gasteiger partial charge in [-0.3, -0.25) is 14.5 Å². The van der Waals surface area contributed by atoms with Crippen LogP contribution in [0.2, 0.25) is 0 Å². The number of carboxylic acid groups (broad SMARTS) is 1. The minimum atomic E-state index is -1.04. The van der Waals surface area contributed by atoms with Crippen molar-refractivity contribution in [1.82, 2.24) is 4.90 Å². The second kappa shape index (κ2) is 7.25. The molecule has 0 unspecified atom stereocenters. The van der Waals surface area contributed by atoms with E-state index in [9.17, 15) is 14.4 Å². The summed E-state index contributed by atoms with van der Waals surface area (Å²) in [5.41, 5.74) is 1.52.